The summed E-state index contributed by atoms with van der Waals surface area (Å²) in [4.78, 5) is 30.6. The van der Waals surface area contributed by atoms with Crippen LogP contribution in [0.3, 0.4) is 0 Å². The van der Waals surface area contributed by atoms with E-state index in [2.05, 4.69) is 28.2 Å². The van der Waals surface area contributed by atoms with Gasteiger partial charge in [0.1, 0.15) is 5.82 Å². The number of hydrogen-bond donors (Lipinski definition) is 2. The quantitative estimate of drug-likeness (QED) is 0.693. The van der Waals surface area contributed by atoms with E-state index in [4.69, 9.17) is 9.73 Å². The molecule has 1 saturated heterocycles. The number of nitrogens with zero attached hydrogens (tertiary/aromatic N) is 2. The lowest BCUT2D eigenvalue weighted by molar-refractivity contribution is -0.120. The summed E-state index contributed by atoms with van der Waals surface area (Å²) in [6.07, 6.45) is 4.46. The first kappa shape index (κ1) is 21.0. The van der Waals surface area contributed by atoms with Crippen molar-refractivity contribution in [1.82, 2.24) is 10.2 Å². The molecule has 29 heavy (non-hydrogen) atoms. The number of ether oxygens (including phenoxy) is 1. The fourth-order valence-corrected chi connectivity index (χ4v) is 3.44. The molecule has 2 aliphatic heterocycles. The maximum Gasteiger partial charge on any atom is 0.247 e. The lowest BCUT2D eigenvalue weighted by Crippen LogP contribution is -2.40. The lowest BCUT2D eigenvalue weighted by Gasteiger charge is -2.31. The minimum atomic E-state index is -0.256. The van der Waals surface area contributed by atoms with E-state index < -0.39 is 0 Å². The first-order valence-corrected chi connectivity index (χ1v) is 10.0. The molecule has 1 aromatic rings. The van der Waals surface area contributed by atoms with E-state index in [1.54, 1.807) is 0 Å². The highest BCUT2D eigenvalue weighted by molar-refractivity contribution is 6.04. The fraction of sp³-hybridized carbons (Fsp3) is 0.409. The Labute approximate surface area is 171 Å². The maximum absolute atomic E-state index is 11.9. The first-order valence-electron chi connectivity index (χ1n) is 10.0. The molecule has 1 aromatic carbocycles. The normalized spacial score (nSPS) is 19.7. The summed E-state index contributed by atoms with van der Waals surface area (Å²) in [6.45, 7) is 9.52. The predicted molar refractivity (Wildman–Crippen MR) is 114 cm³/mol. The molecule has 0 radical (unpaired) electrons. The molecule has 2 amide bonds. The molecule has 0 bridgehead atoms. The largest absolute Gasteiger partial charge is 0.379 e. The number of anilines is 1. The zero-order chi connectivity index (χ0) is 20.6. The fourth-order valence-electron chi connectivity index (χ4n) is 3.44. The number of nitrogens with one attached hydrogen (secondary N) is 2. The number of rotatable bonds is 7. The van der Waals surface area contributed by atoms with E-state index in [0.717, 1.165) is 50.5 Å². The summed E-state index contributed by atoms with van der Waals surface area (Å²) in [5, 5.41) is 5.68. The van der Waals surface area contributed by atoms with Gasteiger partial charge in [0.05, 0.1) is 18.9 Å². The van der Waals surface area contributed by atoms with E-state index in [1.807, 2.05) is 31.2 Å². The Morgan fingerprint density at radius 1 is 1.31 bits per heavy atom. The number of morpholine rings is 1. The Morgan fingerprint density at radius 2 is 2.10 bits per heavy atom. The van der Waals surface area contributed by atoms with Gasteiger partial charge in [-0.05, 0) is 42.2 Å². The molecule has 154 valence electrons. The second-order valence-electron chi connectivity index (χ2n) is 7.16. The van der Waals surface area contributed by atoms with Crippen LogP contribution >= 0.6 is 0 Å². The van der Waals surface area contributed by atoms with Crippen LogP contribution in [0.5, 0.6) is 0 Å². The van der Waals surface area contributed by atoms with E-state index in [-0.39, 0.29) is 17.7 Å². The van der Waals surface area contributed by atoms with Crippen LogP contribution < -0.4 is 10.6 Å². The Balaban J connectivity index is 1.81. The van der Waals surface area contributed by atoms with Crippen molar-refractivity contribution in [1.29, 1.82) is 0 Å². The molecule has 1 atom stereocenters. The molecule has 3 rings (SSSR count). The average Bonchev–Trinajstić information content (AvgIpc) is 2.74. The molecule has 0 saturated carbocycles. The number of hydrogen-bond acceptors (Lipinski definition) is 5. The molecule has 1 unspecified atom stereocenters. The highest BCUT2D eigenvalue weighted by Gasteiger charge is 2.22. The van der Waals surface area contributed by atoms with E-state index in [0.29, 0.717) is 17.9 Å². The van der Waals surface area contributed by atoms with Gasteiger partial charge in [0.15, 0.2) is 0 Å². The van der Waals surface area contributed by atoms with Crippen LogP contribution in [0.15, 0.2) is 53.8 Å². The molecule has 2 heterocycles. The van der Waals surface area contributed by atoms with Crippen LogP contribution in [0.2, 0.25) is 0 Å². The minimum absolute atomic E-state index is 0.0571. The standard InChI is InChI=1S/C22H28N4O3/c1-3-21(27)23-18-7-5-6-17(14-18)19-12-16(15-26-8-10-29-11-9-26)13-20(24-19)25-22(28)4-2/h3,5-7,13-14,16H,1,4,8-12,15H2,2H3,(H,23,27)(H,25,28). The van der Waals surface area contributed by atoms with Gasteiger partial charge in [-0.1, -0.05) is 25.6 Å². The molecule has 0 aliphatic carbocycles. The Morgan fingerprint density at radius 3 is 2.83 bits per heavy atom. The molecule has 2 aliphatic rings. The van der Waals surface area contributed by atoms with Gasteiger partial charge in [0.2, 0.25) is 11.8 Å². The van der Waals surface area contributed by atoms with E-state index in [9.17, 15) is 9.59 Å². The first-order chi connectivity index (χ1) is 14.1. The molecular formula is C22H28N4O3. The molecule has 7 heteroatoms. The Bertz CT molecular complexity index is 825. The zero-order valence-corrected chi connectivity index (χ0v) is 16.8. The Kier molecular flexibility index (Phi) is 7.32. The van der Waals surface area contributed by atoms with Crippen molar-refractivity contribution in [3.8, 4) is 0 Å². The summed E-state index contributed by atoms with van der Waals surface area (Å²) in [5.74, 6) is 0.517. The zero-order valence-electron chi connectivity index (χ0n) is 16.8. The van der Waals surface area contributed by atoms with Crippen molar-refractivity contribution in [3.63, 3.8) is 0 Å². The van der Waals surface area contributed by atoms with Crippen LogP contribution in [0.1, 0.15) is 25.3 Å². The topological polar surface area (TPSA) is 83.0 Å². The van der Waals surface area contributed by atoms with E-state index in [1.165, 1.54) is 6.08 Å². The molecule has 2 N–H and O–H groups in total. The van der Waals surface area contributed by atoms with Crippen LogP contribution in [0.4, 0.5) is 5.69 Å². The molecule has 1 fully saturated rings. The summed E-state index contributed by atoms with van der Waals surface area (Å²) < 4.78 is 5.44. The number of aliphatic imine (C=N–C) groups is 1. The van der Waals surface area contributed by atoms with Gasteiger partial charge in [-0.2, -0.15) is 0 Å². The third-order valence-corrected chi connectivity index (χ3v) is 4.94. The van der Waals surface area contributed by atoms with Crippen molar-refractivity contribution in [2.24, 2.45) is 10.9 Å². The third kappa shape index (κ3) is 6.10. The summed E-state index contributed by atoms with van der Waals surface area (Å²) in [6, 6.07) is 7.58. The van der Waals surface area contributed by atoms with Gasteiger partial charge >= 0.3 is 0 Å². The summed E-state index contributed by atoms with van der Waals surface area (Å²) in [5.41, 5.74) is 2.51. The van der Waals surface area contributed by atoms with Crippen LogP contribution in [-0.4, -0.2) is 55.3 Å². The van der Waals surface area contributed by atoms with Crippen molar-refractivity contribution in [2.45, 2.75) is 19.8 Å². The smallest absolute Gasteiger partial charge is 0.247 e. The van der Waals surface area contributed by atoms with Crippen molar-refractivity contribution in [3.05, 3.63) is 54.4 Å². The van der Waals surface area contributed by atoms with Crippen LogP contribution in [0, 0.1) is 5.92 Å². The van der Waals surface area contributed by atoms with Crippen molar-refractivity contribution in [2.75, 3.05) is 38.2 Å². The summed E-state index contributed by atoms with van der Waals surface area (Å²) >= 11 is 0. The molecule has 0 spiro atoms. The second-order valence-corrected chi connectivity index (χ2v) is 7.16. The number of amides is 2. The van der Waals surface area contributed by atoms with Crippen LogP contribution in [0.25, 0.3) is 0 Å². The predicted octanol–water partition coefficient (Wildman–Crippen LogP) is 2.32. The minimum Gasteiger partial charge on any atom is -0.379 e. The molecule has 7 nitrogen and oxygen atoms in total. The second kappa shape index (κ2) is 10.1. The number of benzene rings is 1. The van der Waals surface area contributed by atoms with Gasteiger partial charge in [-0.15, -0.1) is 0 Å². The average molecular weight is 396 g/mol. The van der Waals surface area contributed by atoms with Crippen molar-refractivity contribution >= 4 is 23.2 Å². The highest BCUT2D eigenvalue weighted by atomic mass is 16.5. The van der Waals surface area contributed by atoms with Crippen molar-refractivity contribution < 1.29 is 14.3 Å². The SMILES string of the molecule is C=CC(=O)Nc1cccc(C2=NC(NC(=O)CC)=CC(CN3CCOCC3)C2)c1. The molecule has 0 aromatic heterocycles. The molecular weight excluding hydrogens is 368 g/mol. The highest BCUT2D eigenvalue weighted by Crippen LogP contribution is 2.23. The van der Waals surface area contributed by atoms with Gasteiger partial charge in [-0.3, -0.25) is 14.5 Å². The summed E-state index contributed by atoms with van der Waals surface area (Å²) in [7, 11) is 0. The van der Waals surface area contributed by atoms with E-state index >= 15 is 0 Å². The third-order valence-electron chi connectivity index (χ3n) is 4.94. The van der Waals surface area contributed by atoms with Gasteiger partial charge in [0, 0.05) is 31.7 Å². The van der Waals surface area contributed by atoms with Gasteiger partial charge < -0.3 is 15.4 Å². The number of carbonyl (C=O) groups is 2. The number of carbonyl (C=O) groups excluding carboxylic acids is 2. The van der Waals surface area contributed by atoms with Gasteiger partial charge in [-0.25, -0.2) is 4.99 Å². The van der Waals surface area contributed by atoms with Crippen LogP contribution in [-0.2, 0) is 14.3 Å². The lowest BCUT2D eigenvalue weighted by atomic mass is 9.93. The maximum atomic E-state index is 11.9. The monoisotopic (exact) mass is 396 g/mol. The Hall–Kier alpha value is -2.77. The van der Waals surface area contributed by atoms with Gasteiger partial charge in [0.25, 0.3) is 0 Å².